The van der Waals surface area contributed by atoms with Crippen LogP contribution < -0.4 is 0 Å². The quantitative estimate of drug-likeness (QED) is 0.0861. The second-order valence-electron chi connectivity index (χ2n) is 8.40. The first-order chi connectivity index (χ1) is 16.3. The van der Waals surface area contributed by atoms with E-state index in [2.05, 4.69) is 30.8 Å². The molecule has 1 atom stereocenters. The van der Waals surface area contributed by atoms with Gasteiger partial charge in [-0.3, -0.25) is 0 Å². The summed E-state index contributed by atoms with van der Waals surface area (Å²) in [6.45, 7) is 7.82. The summed E-state index contributed by atoms with van der Waals surface area (Å²) >= 11 is 1.85. The second kappa shape index (κ2) is 14.8. The Labute approximate surface area is 209 Å². The zero-order chi connectivity index (χ0) is 24.8. The van der Waals surface area contributed by atoms with Crippen molar-refractivity contribution in [3.05, 3.63) is 72.3 Å². The lowest BCUT2D eigenvalue weighted by atomic mass is 10.1. The Bertz CT molecular complexity index is 1020. The number of sulfone groups is 1. The van der Waals surface area contributed by atoms with Crippen molar-refractivity contribution in [1.82, 2.24) is 0 Å². The van der Waals surface area contributed by atoms with Crippen molar-refractivity contribution in [2.24, 2.45) is 5.92 Å². The minimum atomic E-state index is -3.23. The van der Waals surface area contributed by atoms with Gasteiger partial charge in [0.25, 0.3) is 0 Å². The van der Waals surface area contributed by atoms with Crippen molar-refractivity contribution in [3.63, 3.8) is 0 Å². The highest BCUT2D eigenvalue weighted by atomic mass is 32.2. The number of esters is 1. The minimum Gasteiger partial charge on any atom is -0.463 e. The zero-order valence-corrected chi connectivity index (χ0v) is 21.9. The SMILES string of the molecule is C=CC(=O)OCCCCCCSc1ccc(/C=C/c2ccc(S(=O)(=O)CC(C)CC)cc2)cc1. The van der Waals surface area contributed by atoms with Crippen molar-refractivity contribution in [3.8, 4) is 0 Å². The van der Waals surface area contributed by atoms with Crippen LogP contribution in [0.5, 0.6) is 0 Å². The zero-order valence-electron chi connectivity index (χ0n) is 20.2. The van der Waals surface area contributed by atoms with Gasteiger partial charge in [-0.1, -0.05) is 76.1 Å². The molecule has 0 aromatic heterocycles. The molecule has 0 N–H and O–H groups in total. The van der Waals surface area contributed by atoms with Gasteiger partial charge in [-0.15, -0.1) is 11.8 Å². The number of hydrogen-bond donors (Lipinski definition) is 0. The van der Waals surface area contributed by atoms with Gasteiger partial charge >= 0.3 is 5.97 Å². The maximum atomic E-state index is 12.5. The molecule has 0 amide bonds. The minimum absolute atomic E-state index is 0.159. The molecule has 0 saturated heterocycles. The van der Waals surface area contributed by atoms with Gasteiger partial charge in [0.2, 0.25) is 0 Å². The molecule has 4 nitrogen and oxygen atoms in total. The van der Waals surface area contributed by atoms with Crippen molar-refractivity contribution in [2.45, 2.75) is 55.7 Å². The fraction of sp³-hybridized carbons (Fsp3) is 0.393. The lowest BCUT2D eigenvalue weighted by molar-refractivity contribution is -0.137. The molecule has 0 bridgehead atoms. The molecular weight excluding hydrogens is 464 g/mol. The van der Waals surface area contributed by atoms with Gasteiger partial charge in [0.1, 0.15) is 0 Å². The second-order valence-corrected chi connectivity index (χ2v) is 11.6. The molecule has 2 rings (SSSR count). The van der Waals surface area contributed by atoms with Crippen LogP contribution in [0.3, 0.4) is 0 Å². The molecule has 0 aliphatic heterocycles. The van der Waals surface area contributed by atoms with Gasteiger partial charge in [0, 0.05) is 11.0 Å². The van der Waals surface area contributed by atoms with Gasteiger partial charge in [-0.25, -0.2) is 13.2 Å². The smallest absolute Gasteiger partial charge is 0.330 e. The summed E-state index contributed by atoms with van der Waals surface area (Å²) in [6.07, 6.45) is 10.3. The van der Waals surface area contributed by atoms with Crippen LogP contribution in [0.1, 0.15) is 57.1 Å². The standard InChI is InChI=1S/C28H36O4S2/c1-4-23(3)22-34(30,31)27-18-14-25(15-19-27)11-10-24-12-16-26(17-13-24)33-21-9-7-6-8-20-32-28(29)5-2/h5,10-19,23H,2,4,6-9,20-22H2,1,3H3/b11-10+. The van der Waals surface area contributed by atoms with E-state index in [0.29, 0.717) is 11.5 Å². The third-order valence-corrected chi connectivity index (χ3v) is 8.60. The third kappa shape index (κ3) is 10.3. The van der Waals surface area contributed by atoms with Gasteiger partial charge in [-0.2, -0.15) is 0 Å². The molecule has 2 aromatic rings. The van der Waals surface area contributed by atoms with Crippen molar-refractivity contribution in [2.75, 3.05) is 18.1 Å². The van der Waals surface area contributed by atoms with E-state index in [1.165, 1.54) is 11.0 Å². The summed E-state index contributed by atoms with van der Waals surface area (Å²) in [7, 11) is -3.23. The monoisotopic (exact) mass is 500 g/mol. The molecule has 0 fully saturated rings. The Morgan fingerprint density at radius 1 is 0.971 bits per heavy atom. The van der Waals surface area contributed by atoms with E-state index in [1.54, 1.807) is 12.1 Å². The van der Waals surface area contributed by atoms with Gasteiger partial charge in [0.05, 0.1) is 17.3 Å². The third-order valence-electron chi connectivity index (χ3n) is 5.51. The predicted molar refractivity (Wildman–Crippen MR) is 144 cm³/mol. The summed E-state index contributed by atoms with van der Waals surface area (Å²) < 4.78 is 29.9. The highest BCUT2D eigenvalue weighted by Gasteiger charge is 2.17. The van der Waals surface area contributed by atoms with Crippen LogP contribution in [0.4, 0.5) is 0 Å². The van der Waals surface area contributed by atoms with Crippen LogP contribution in [0.2, 0.25) is 0 Å². The molecule has 0 aliphatic carbocycles. The highest BCUT2D eigenvalue weighted by molar-refractivity contribution is 7.99. The Kier molecular flexibility index (Phi) is 12.2. The first-order valence-electron chi connectivity index (χ1n) is 11.9. The van der Waals surface area contributed by atoms with E-state index in [1.807, 2.05) is 49.9 Å². The molecule has 184 valence electrons. The van der Waals surface area contributed by atoms with Gasteiger partial charge in [-0.05, 0) is 59.9 Å². The molecule has 0 heterocycles. The van der Waals surface area contributed by atoms with Gasteiger partial charge < -0.3 is 4.74 Å². The molecule has 34 heavy (non-hydrogen) atoms. The summed E-state index contributed by atoms with van der Waals surface area (Å²) in [5.74, 6) is 1.06. The van der Waals surface area contributed by atoms with Crippen LogP contribution >= 0.6 is 11.8 Å². The summed E-state index contributed by atoms with van der Waals surface area (Å²) in [5.41, 5.74) is 2.08. The molecule has 1 unspecified atom stereocenters. The Hall–Kier alpha value is -2.31. The Morgan fingerprint density at radius 3 is 2.15 bits per heavy atom. The van der Waals surface area contributed by atoms with Crippen LogP contribution in [0.15, 0.2) is 71.0 Å². The molecule has 0 saturated carbocycles. The average molecular weight is 501 g/mol. The lowest BCUT2D eigenvalue weighted by Crippen LogP contribution is -2.13. The van der Waals surface area contributed by atoms with Crippen molar-refractivity contribution >= 4 is 39.7 Å². The van der Waals surface area contributed by atoms with Gasteiger partial charge in [0.15, 0.2) is 9.84 Å². The molecule has 6 heteroatoms. The molecule has 0 aliphatic rings. The van der Waals surface area contributed by atoms with Crippen LogP contribution in [0.25, 0.3) is 12.2 Å². The average Bonchev–Trinajstić information content (AvgIpc) is 2.84. The molecular formula is C28H36O4S2. The maximum absolute atomic E-state index is 12.5. The molecule has 2 aromatic carbocycles. The van der Waals surface area contributed by atoms with Crippen LogP contribution in [-0.2, 0) is 19.4 Å². The number of thioether (sulfide) groups is 1. The van der Waals surface area contributed by atoms with E-state index in [-0.39, 0.29) is 17.6 Å². The summed E-state index contributed by atoms with van der Waals surface area (Å²) in [6, 6.07) is 15.6. The first kappa shape index (κ1) is 27.9. The van der Waals surface area contributed by atoms with Crippen molar-refractivity contribution in [1.29, 1.82) is 0 Å². The number of benzene rings is 2. The lowest BCUT2D eigenvalue weighted by Gasteiger charge is -2.09. The number of unbranched alkanes of at least 4 members (excludes halogenated alkanes) is 3. The predicted octanol–water partition coefficient (Wildman–Crippen LogP) is 7.06. The number of ether oxygens (including phenoxy) is 1. The number of carbonyl (C=O) groups excluding carboxylic acids is 1. The fourth-order valence-electron chi connectivity index (χ4n) is 3.22. The Balaban J connectivity index is 1.74. The van der Waals surface area contributed by atoms with Crippen LogP contribution in [0, 0.1) is 5.92 Å². The topological polar surface area (TPSA) is 60.4 Å². The highest BCUT2D eigenvalue weighted by Crippen LogP contribution is 2.22. The fourth-order valence-corrected chi connectivity index (χ4v) is 5.86. The summed E-state index contributed by atoms with van der Waals surface area (Å²) in [4.78, 5) is 12.6. The van der Waals surface area contributed by atoms with E-state index < -0.39 is 9.84 Å². The maximum Gasteiger partial charge on any atom is 0.330 e. The largest absolute Gasteiger partial charge is 0.463 e. The number of carbonyl (C=O) groups is 1. The van der Waals surface area contributed by atoms with E-state index in [0.717, 1.165) is 49.0 Å². The first-order valence-corrected chi connectivity index (χ1v) is 14.5. The van der Waals surface area contributed by atoms with Crippen LogP contribution in [-0.4, -0.2) is 32.5 Å². The number of hydrogen-bond acceptors (Lipinski definition) is 5. The molecule has 0 spiro atoms. The number of rotatable bonds is 15. The normalized spacial score (nSPS) is 12.5. The van der Waals surface area contributed by atoms with Crippen molar-refractivity contribution < 1.29 is 17.9 Å². The summed E-state index contributed by atoms with van der Waals surface area (Å²) in [5, 5.41) is 0. The van der Waals surface area contributed by atoms with E-state index >= 15 is 0 Å². The molecule has 0 radical (unpaired) electrons. The van der Waals surface area contributed by atoms with E-state index in [4.69, 9.17) is 4.74 Å². The Morgan fingerprint density at radius 2 is 1.56 bits per heavy atom. The van der Waals surface area contributed by atoms with E-state index in [9.17, 15) is 13.2 Å².